The third-order valence-corrected chi connectivity index (χ3v) is 2.49. The summed E-state index contributed by atoms with van der Waals surface area (Å²) in [6.45, 7) is 0. The number of pyridine rings is 1. The fourth-order valence-electron chi connectivity index (χ4n) is 1.39. The highest BCUT2D eigenvalue weighted by atomic mass is 35.5. The zero-order valence-corrected chi connectivity index (χ0v) is 8.69. The van der Waals surface area contributed by atoms with E-state index < -0.39 is 6.10 Å². The predicted molar refractivity (Wildman–Crippen MR) is 56.6 cm³/mol. The first-order valence-corrected chi connectivity index (χ1v) is 4.95. The Morgan fingerprint density at radius 3 is 2.67 bits per heavy atom. The molecule has 1 unspecified atom stereocenters. The van der Waals surface area contributed by atoms with Gasteiger partial charge in [0.15, 0.2) is 5.22 Å². The van der Waals surface area contributed by atoms with E-state index in [2.05, 4.69) is 4.98 Å². The minimum absolute atomic E-state index is 0.247. The molecule has 3 nitrogen and oxygen atoms in total. The molecule has 2 aromatic heterocycles. The highest BCUT2D eigenvalue weighted by Gasteiger charge is 2.14. The van der Waals surface area contributed by atoms with E-state index in [4.69, 9.17) is 16.0 Å². The molecule has 0 bridgehead atoms. The van der Waals surface area contributed by atoms with Crippen LogP contribution in [0.2, 0.25) is 5.22 Å². The largest absolute Gasteiger partial charge is 0.453 e. The lowest BCUT2D eigenvalue weighted by Gasteiger charge is -2.08. The van der Waals surface area contributed by atoms with Crippen LogP contribution >= 0.6 is 11.6 Å². The van der Waals surface area contributed by atoms with Gasteiger partial charge in [-0.25, -0.2) is 0 Å². The number of furan rings is 1. The molecule has 4 heteroatoms. The van der Waals surface area contributed by atoms with Crippen LogP contribution in [0.15, 0.2) is 41.3 Å². The van der Waals surface area contributed by atoms with Gasteiger partial charge in [0, 0.05) is 24.4 Å². The van der Waals surface area contributed by atoms with Crippen LogP contribution in [0.5, 0.6) is 0 Å². The number of aliphatic hydroxyl groups is 1. The lowest BCUT2D eigenvalue weighted by atomic mass is 10.1. The smallest absolute Gasteiger partial charge is 0.198 e. The second-order valence-corrected chi connectivity index (χ2v) is 3.57. The molecule has 0 aliphatic rings. The normalized spacial score (nSPS) is 12.7. The molecule has 2 heterocycles. The molecule has 78 valence electrons. The quantitative estimate of drug-likeness (QED) is 0.870. The molecule has 0 saturated carbocycles. The van der Waals surface area contributed by atoms with Crippen molar-refractivity contribution in [1.82, 2.24) is 4.98 Å². The van der Waals surface area contributed by atoms with E-state index in [-0.39, 0.29) is 5.22 Å². The molecular formula is C11H10ClNO2. The van der Waals surface area contributed by atoms with E-state index in [0.29, 0.717) is 12.0 Å². The van der Waals surface area contributed by atoms with Gasteiger partial charge in [0.25, 0.3) is 0 Å². The van der Waals surface area contributed by atoms with Crippen LogP contribution in [0.3, 0.4) is 0 Å². The summed E-state index contributed by atoms with van der Waals surface area (Å²) in [6.07, 6.45) is 4.71. The molecule has 0 aliphatic heterocycles. The molecule has 2 rings (SSSR count). The monoisotopic (exact) mass is 223 g/mol. The number of nitrogens with zero attached hydrogens (tertiary/aromatic N) is 1. The van der Waals surface area contributed by atoms with Crippen molar-refractivity contribution in [2.24, 2.45) is 0 Å². The molecule has 0 radical (unpaired) electrons. The number of rotatable bonds is 3. The van der Waals surface area contributed by atoms with E-state index in [1.165, 1.54) is 6.26 Å². The Hall–Kier alpha value is -1.32. The maximum absolute atomic E-state index is 9.88. The summed E-state index contributed by atoms with van der Waals surface area (Å²) in [4.78, 5) is 3.91. The van der Waals surface area contributed by atoms with Crippen LogP contribution in [-0.2, 0) is 6.42 Å². The summed E-state index contributed by atoms with van der Waals surface area (Å²) < 4.78 is 4.92. The Kier molecular flexibility index (Phi) is 3.04. The fraction of sp³-hybridized carbons (Fsp3) is 0.182. The third kappa shape index (κ3) is 2.37. The Bertz CT molecular complexity index is 427. The molecule has 15 heavy (non-hydrogen) atoms. The van der Waals surface area contributed by atoms with Crippen LogP contribution in [0, 0.1) is 0 Å². The van der Waals surface area contributed by atoms with E-state index >= 15 is 0 Å². The summed E-state index contributed by atoms with van der Waals surface area (Å²) in [5.74, 6) is 0. The van der Waals surface area contributed by atoms with Crippen LogP contribution < -0.4 is 0 Å². The zero-order valence-electron chi connectivity index (χ0n) is 7.93. The first-order chi connectivity index (χ1) is 7.27. The SMILES string of the molecule is OC(Cc1ccncc1)c1ccoc1Cl. The van der Waals surface area contributed by atoms with Gasteiger partial charge in [0.05, 0.1) is 12.4 Å². The average molecular weight is 224 g/mol. The standard InChI is InChI=1S/C11H10ClNO2/c12-11-9(3-6-15-11)10(14)7-8-1-4-13-5-2-8/h1-6,10,14H,7H2. The molecule has 2 aromatic rings. The maximum atomic E-state index is 9.88. The number of aromatic nitrogens is 1. The van der Waals surface area contributed by atoms with Crippen molar-refractivity contribution in [1.29, 1.82) is 0 Å². The van der Waals surface area contributed by atoms with Gasteiger partial charge < -0.3 is 9.52 Å². The van der Waals surface area contributed by atoms with Crippen molar-refractivity contribution in [3.8, 4) is 0 Å². The van der Waals surface area contributed by atoms with Gasteiger partial charge in [0.2, 0.25) is 0 Å². The molecule has 0 aliphatic carbocycles. The zero-order chi connectivity index (χ0) is 10.7. The predicted octanol–water partition coefficient (Wildman–Crippen LogP) is 2.60. The Balaban J connectivity index is 2.11. The number of aliphatic hydroxyl groups excluding tert-OH is 1. The van der Waals surface area contributed by atoms with Crippen LogP contribution in [0.4, 0.5) is 0 Å². The Morgan fingerprint density at radius 2 is 2.07 bits per heavy atom. The van der Waals surface area contributed by atoms with Crippen molar-refractivity contribution in [2.75, 3.05) is 0 Å². The van der Waals surface area contributed by atoms with E-state index in [1.54, 1.807) is 18.5 Å². The second kappa shape index (κ2) is 4.47. The summed E-state index contributed by atoms with van der Waals surface area (Å²) in [6, 6.07) is 5.39. The molecule has 0 aromatic carbocycles. The lowest BCUT2D eigenvalue weighted by molar-refractivity contribution is 0.177. The van der Waals surface area contributed by atoms with Crippen LogP contribution in [-0.4, -0.2) is 10.1 Å². The molecule has 1 N–H and O–H groups in total. The summed E-state index contributed by atoms with van der Waals surface area (Å²) in [5.41, 5.74) is 1.63. The van der Waals surface area contributed by atoms with Crippen molar-refractivity contribution >= 4 is 11.6 Å². The van der Waals surface area contributed by atoms with E-state index in [0.717, 1.165) is 5.56 Å². The maximum Gasteiger partial charge on any atom is 0.198 e. The number of hydrogen-bond donors (Lipinski definition) is 1. The number of halogens is 1. The number of hydrogen-bond acceptors (Lipinski definition) is 3. The first kappa shape index (κ1) is 10.2. The lowest BCUT2D eigenvalue weighted by Crippen LogP contribution is -2.00. The van der Waals surface area contributed by atoms with Gasteiger partial charge in [-0.1, -0.05) is 0 Å². The van der Waals surface area contributed by atoms with Gasteiger partial charge in [-0.15, -0.1) is 0 Å². The van der Waals surface area contributed by atoms with Crippen molar-refractivity contribution in [3.63, 3.8) is 0 Å². The average Bonchev–Trinajstić information content (AvgIpc) is 2.66. The summed E-state index contributed by atoms with van der Waals surface area (Å²) in [5, 5.41) is 10.1. The molecule has 0 saturated heterocycles. The minimum Gasteiger partial charge on any atom is -0.453 e. The van der Waals surface area contributed by atoms with Gasteiger partial charge >= 0.3 is 0 Å². The van der Waals surface area contributed by atoms with Gasteiger partial charge in [-0.2, -0.15) is 0 Å². The molecule has 0 amide bonds. The molecule has 0 spiro atoms. The van der Waals surface area contributed by atoms with E-state index in [1.807, 2.05) is 12.1 Å². The van der Waals surface area contributed by atoms with Gasteiger partial charge in [0.1, 0.15) is 0 Å². The highest BCUT2D eigenvalue weighted by molar-refractivity contribution is 6.29. The van der Waals surface area contributed by atoms with Crippen molar-refractivity contribution in [3.05, 3.63) is 53.2 Å². The molecule has 1 atom stereocenters. The third-order valence-electron chi connectivity index (χ3n) is 2.18. The van der Waals surface area contributed by atoms with Crippen LogP contribution in [0.1, 0.15) is 17.2 Å². The minimum atomic E-state index is -0.640. The Morgan fingerprint density at radius 1 is 1.33 bits per heavy atom. The van der Waals surface area contributed by atoms with Gasteiger partial charge in [-0.05, 0) is 35.4 Å². The fourth-order valence-corrected chi connectivity index (χ4v) is 1.64. The van der Waals surface area contributed by atoms with E-state index in [9.17, 15) is 5.11 Å². The van der Waals surface area contributed by atoms with Crippen molar-refractivity contribution in [2.45, 2.75) is 12.5 Å². The second-order valence-electron chi connectivity index (χ2n) is 3.23. The Labute approximate surface area is 92.3 Å². The molecular weight excluding hydrogens is 214 g/mol. The summed E-state index contributed by atoms with van der Waals surface area (Å²) >= 11 is 5.76. The van der Waals surface area contributed by atoms with Crippen LogP contribution in [0.25, 0.3) is 0 Å². The van der Waals surface area contributed by atoms with Gasteiger partial charge in [-0.3, -0.25) is 4.98 Å². The summed E-state index contributed by atoms with van der Waals surface area (Å²) in [7, 11) is 0. The van der Waals surface area contributed by atoms with Crippen molar-refractivity contribution < 1.29 is 9.52 Å². The first-order valence-electron chi connectivity index (χ1n) is 4.57. The highest BCUT2D eigenvalue weighted by Crippen LogP contribution is 2.26. The topological polar surface area (TPSA) is 46.3 Å². The molecule has 0 fully saturated rings.